The molecule has 0 rings (SSSR count). The Kier molecular flexibility index (Phi) is 22.6. The molecule has 0 aliphatic carbocycles. The van der Waals surface area contributed by atoms with Crippen molar-refractivity contribution < 1.29 is 0 Å². The molecule has 0 aromatic carbocycles. The third kappa shape index (κ3) is 21.0. The van der Waals surface area contributed by atoms with Crippen molar-refractivity contribution in [1.29, 1.82) is 0 Å². The van der Waals surface area contributed by atoms with Crippen molar-refractivity contribution in [3.8, 4) is 0 Å². The van der Waals surface area contributed by atoms with Crippen LogP contribution in [0, 0.1) is 11.8 Å². The fourth-order valence-electron chi connectivity index (χ4n) is 4.46. The molecule has 1 unspecified atom stereocenters. The summed E-state index contributed by atoms with van der Waals surface area (Å²) in [5.41, 5.74) is 0. The second-order valence-electron chi connectivity index (χ2n) is 10.1. The van der Waals surface area contributed by atoms with Crippen LogP contribution in [-0.2, 0) is 0 Å². The topological polar surface area (TPSA) is 3.24 Å². The summed E-state index contributed by atoms with van der Waals surface area (Å²) >= 11 is 0. The third-order valence-corrected chi connectivity index (χ3v) is 6.64. The highest BCUT2D eigenvalue weighted by Crippen LogP contribution is 2.17. The predicted molar refractivity (Wildman–Crippen MR) is 135 cm³/mol. The average Bonchev–Trinajstić information content (AvgIpc) is 2.71. The summed E-state index contributed by atoms with van der Waals surface area (Å²) in [5.74, 6) is 1.80. The van der Waals surface area contributed by atoms with Crippen molar-refractivity contribution in [3.63, 3.8) is 0 Å². The molecule has 0 aliphatic rings. The summed E-state index contributed by atoms with van der Waals surface area (Å²) in [6, 6.07) is 0. The zero-order valence-corrected chi connectivity index (χ0v) is 21.5. The van der Waals surface area contributed by atoms with Gasteiger partial charge < -0.3 is 4.90 Å². The lowest BCUT2D eigenvalue weighted by Crippen LogP contribution is -2.31. The first kappa shape index (κ1) is 29.0. The van der Waals surface area contributed by atoms with Gasteiger partial charge in [-0.2, -0.15) is 0 Å². The number of hydrogen-bond acceptors (Lipinski definition) is 1. The van der Waals surface area contributed by atoms with Crippen molar-refractivity contribution in [1.82, 2.24) is 4.90 Å². The maximum absolute atomic E-state index is 2.84. The highest BCUT2D eigenvalue weighted by Gasteiger charge is 2.12. The van der Waals surface area contributed by atoms with Crippen molar-refractivity contribution >= 4 is 0 Å². The fraction of sp³-hybridized carbons (Fsp3) is 1.00. The minimum absolute atomic E-state index is 0.877. The number of unbranched alkanes of at least 4 members (excludes halogenated alkanes) is 12. The van der Waals surface area contributed by atoms with Crippen molar-refractivity contribution in [2.75, 3.05) is 19.6 Å². The van der Waals surface area contributed by atoms with Gasteiger partial charge >= 0.3 is 0 Å². The smallest absolute Gasteiger partial charge is 0.000955 e. The van der Waals surface area contributed by atoms with Crippen LogP contribution in [0.15, 0.2) is 0 Å². The van der Waals surface area contributed by atoms with Crippen LogP contribution in [0.1, 0.15) is 150 Å². The van der Waals surface area contributed by atoms with Gasteiger partial charge in [0, 0.05) is 6.54 Å². The molecule has 0 heterocycles. The number of rotatable bonds is 23. The summed E-state index contributed by atoms with van der Waals surface area (Å²) in [6.45, 7) is 15.8. The quantitative estimate of drug-likeness (QED) is 0.152. The molecule has 0 aliphatic heterocycles. The van der Waals surface area contributed by atoms with Crippen LogP contribution in [-0.4, -0.2) is 24.5 Å². The summed E-state index contributed by atoms with van der Waals surface area (Å²) in [4.78, 5) is 2.84. The molecular formula is C28H59N. The van der Waals surface area contributed by atoms with Crippen LogP contribution in [0.3, 0.4) is 0 Å². The molecule has 0 N–H and O–H groups in total. The lowest BCUT2D eigenvalue weighted by molar-refractivity contribution is 0.210. The fourth-order valence-corrected chi connectivity index (χ4v) is 4.46. The summed E-state index contributed by atoms with van der Waals surface area (Å²) < 4.78 is 0. The van der Waals surface area contributed by atoms with E-state index in [1.54, 1.807) is 0 Å². The van der Waals surface area contributed by atoms with E-state index in [9.17, 15) is 0 Å². The number of hydrogen-bond donors (Lipinski definition) is 0. The molecule has 0 radical (unpaired) electrons. The van der Waals surface area contributed by atoms with Crippen LogP contribution < -0.4 is 0 Å². The maximum atomic E-state index is 2.84. The van der Waals surface area contributed by atoms with E-state index >= 15 is 0 Å². The SMILES string of the molecule is CCCCCCCCCCCN(CCCCCCC(C)C)CC(CC)CCCC. The molecule has 1 atom stereocenters. The van der Waals surface area contributed by atoms with Gasteiger partial charge in [-0.1, -0.05) is 131 Å². The molecule has 0 bridgehead atoms. The van der Waals surface area contributed by atoms with Crippen LogP contribution in [0.4, 0.5) is 0 Å². The van der Waals surface area contributed by atoms with Gasteiger partial charge in [0.15, 0.2) is 0 Å². The first-order valence-corrected chi connectivity index (χ1v) is 13.9. The molecule has 0 aromatic heterocycles. The Hall–Kier alpha value is -0.0400. The van der Waals surface area contributed by atoms with E-state index in [0.29, 0.717) is 0 Å². The van der Waals surface area contributed by atoms with E-state index in [-0.39, 0.29) is 0 Å². The minimum Gasteiger partial charge on any atom is -0.303 e. The Bertz CT molecular complexity index is 299. The Labute approximate surface area is 186 Å². The van der Waals surface area contributed by atoms with Crippen LogP contribution in [0.5, 0.6) is 0 Å². The largest absolute Gasteiger partial charge is 0.303 e. The Morgan fingerprint density at radius 2 is 1.00 bits per heavy atom. The normalized spacial score (nSPS) is 12.9. The van der Waals surface area contributed by atoms with E-state index in [0.717, 1.165) is 11.8 Å². The average molecular weight is 410 g/mol. The zero-order chi connectivity index (χ0) is 21.6. The number of nitrogens with zero attached hydrogens (tertiary/aromatic N) is 1. The van der Waals surface area contributed by atoms with Gasteiger partial charge in [0.05, 0.1) is 0 Å². The van der Waals surface area contributed by atoms with E-state index in [4.69, 9.17) is 0 Å². The monoisotopic (exact) mass is 409 g/mol. The molecule has 0 saturated heterocycles. The van der Waals surface area contributed by atoms with E-state index in [1.807, 2.05) is 0 Å². The second-order valence-corrected chi connectivity index (χ2v) is 10.1. The molecule has 0 fully saturated rings. The molecular weight excluding hydrogens is 350 g/mol. The zero-order valence-electron chi connectivity index (χ0n) is 21.5. The van der Waals surface area contributed by atoms with Gasteiger partial charge in [-0.25, -0.2) is 0 Å². The van der Waals surface area contributed by atoms with Gasteiger partial charge in [-0.05, 0) is 44.2 Å². The van der Waals surface area contributed by atoms with E-state index < -0.39 is 0 Å². The van der Waals surface area contributed by atoms with Crippen molar-refractivity contribution in [3.05, 3.63) is 0 Å². The molecule has 1 heteroatoms. The molecule has 1 nitrogen and oxygen atoms in total. The standard InChI is InChI=1S/C28H59N/c1-6-9-11-12-13-14-15-17-20-24-29(26-28(8-3)23-10-7-2)25-21-18-16-19-22-27(4)5/h27-28H,6-26H2,1-5H3. The lowest BCUT2D eigenvalue weighted by atomic mass is 9.98. The second kappa shape index (κ2) is 22.6. The van der Waals surface area contributed by atoms with E-state index in [2.05, 4.69) is 39.5 Å². The molecule has 0 saturated carbocycles. The van der Waals surface area contributed by atoms with Gasteiger partial charge in [-0.3, -0.25) is 0 Å². The summed E-state index contributed by atoms with van der Waals surface area (Å²) in [6.07, 6.45) is 25.7. The van der Waals surface area contributed by atoms with Gasteiger partial charge in [0.25, 0.3) is 0 Å². The Morgan fingerprint density at radius 3 is 1.48 bits per heavy atom. The highest BCUT2D eigenvalue weighted by molar-refractivity contribution is 4.66. The van der Waals surface area contributed by atoms with Gasteiger partial charge in [-0.15, -0.1) is 0 Å². The summed E-state index contributed by atoms with van der Waals surface area (Å²) in [5, 5.41) is 0. The van der Waals surface area contributed by atoms with Gasteiger partial charge in [0.1, 0.15) is 0 Å². The first-order chi connectivity index (χ1) is 14.1. The predicted octanol–water partition coefficient (Wildman–Crippen LogP) is 9.64. The van der Waals surface area contributed by atoms with Crippen LogP contribution in [0.2, 0.25) is 0 Å². The Balaban J connectivity index is 4.04. The van der Waals surface area contributed by atoms with Crippen molar-refractivity contribution in [2.24, 2.45) is 11.8 Å². The van der Waals surface area contributed by atoms with Gasteiger partial charge in [0.2, 0.25) is 0 Å². The minimum atomic E-state index is 0.877. The van der Waals surface area contributed by atoms with Crippen LogP contribution in [0.25, 0.3) is 0 Å². The molecule has 0 spiro atoms. The Morgan fingerprint density at radius 1 is 0.517 bits per heavy atom. The molecule has 176 valence electrons. The van der Waals surface area contributed by atoms with Crippen LogP contribution >= 0.6 is 0 Å². The van der Waals surface area contributed by atoms with Crippen molar-refractivity contribution in [2.45, 2.75) is 150 Å². The summed E-state index contributed by atoms with van der Waals surface area (Å²) in [7, 11) is 0. The maximum Gasteiger partial charge on any atom is 0.000955 e. The molecule has 0 aromatic rings. The third-order valence-electron chi connectivity index (χ3n) is 6.64. The van der Waals surface area contributed by atoms with E-state index in [1.165, 1.54) is 135 Å². The first-order valence-electron chi connectivity index (χ1n) is 13.9. The molecule has 29 heavy (non-hydrogen) atoms. The lowest BCUT2D eigenvalue weighted by Gasteiger charge is -2.27. The highest BCUT2D eigenvalue weighted by atomic mass is 15.1. The molecule has 0 amide bonds.